The Bertz CT molecular complexity index is 625. The van der Waals surface area contributed by atoms with E-state index in [1.165, 1.54) is 6.20 Å². The lowest BCUT2D eigenvalue weighted by Gasteiger charge is -2.33. The molecule has 1 amide bonds. The number of carbonyl (C=O) groups excluding carboxylic acids is 1. The molecule has 0 aliphatic carbocycles. The molecule has 0 aliphatic heterocycles. The molecule has 1 rings (SSSR count). The van der Waals surface area contributed by atoms with Crippen molar-refractivity contribution < 1.29 is 9.90 Å². The van der Waals surface area contributed by atoms with Gasteiger partial charge in [0.15, 0.2) is 0 Å². The molecule has 2 unspecified atom stereocenters. The molecule has 7 heteroatoms. The summed E-state index contributed by atoms with van der Waals surface area (Å²) in [7, 11) is 0. The molecule has 148 valence electrons. The second kappa shape index (κ2) is 8.20. The largest absolute Gasteiger partial charge is 0.390 e. The smallest absolute Gasteiger partial charge is 0.254 e. The molecule has 1 aromatic rings. The molecule has 0 spiro atoms. The van der Waals surface area contributed by atoms with Gasteiger partial charge in [-0.2, -0.15) is 4.98 Å². The predicted molar refractivity (Wildman–Crippen MR) is 106 cm³/mol. The Hall–Kier alpha value is -1.89. The van der Waals surface area contributed by atoms with Crippen molar-refractivity contribution in [2.75, 3.05) is 10.6 Å². The molecule has 0 aromatic carbocycles. The molecule has 5 N–H and O–H groups in total. The van der Waals surface area contributed by atoms with Gasteiger partial charge in [-0.3, -0.25) is 4.79 Å². The van der Waals surface area contributed by atoms with E-state index < -0.39 is 11.5 Å². The number of carbonyl (C=O) groups is 1. The van der Waals surface area contributed by atoms with Crippen LogP contribution < -0.4 is 16.4 Å². The highest BCUT2D eigenvalue weighted by atomic mass is 16.3. The van der Waals surface area contributed by atoms with E-state index in [-0.39, 0.29) is 16.6 Å². The number of aromatic nitrogens is 2. The lowest BCUT2D eigenvalue weighted by Crippen LogP contribution is -2.38. The summed E-state index contributed by atoms with van der Waals surface area (Å²) in [4.78, 5) is 20.4. The van der Waals surface area contributed by atoms with Crippen LogP contribution in [-0.2, 0) is 0 Å². The van der Waals surface area contributed by atoms with E-state index in [0.29, 0.717) is 24.6 Å². The monoisotopic (exact) mass is 365 g/mol. The normalized spacial score (nSPS) is 16.5. The van der Waals surface area contributed by atoms with Crippen LogP contribution in [0.4, 0.5) is 11.8 Å². The molecule has 1 aromatic heterocycles. The summed E-state index contributed by atoms with van der Waals surface area (Å²) in [5, 5.41) is 16.9. The van der Waals surface area contributed by atoms with Gasteiger partial charge >= 0.3 is 0 Å². The van der Waals surface area contributed by atoms with E-state index in [0.717, 1.165) is 12.8 Å². The number of amides is 1. The Morgan fingerprint density at radius 3 is 2.19 bits per heavy atom. The number of aliphatic hydroxyl groups is 1. The number of nitrogens with zero attached hydrogens (tertiary/aromatic N) is 2. The van der Waals surface area contributed by atoms with Gasteiger partial charge in [0.25, 0.3) is 5.91 Å². The molecular formula is C19H35N5O2. The highest BCUT2D eigenvalue weighted by Crippen LogP contribution is 2.28. The van der Waals surface area contributed by atoms with Gasteiger partial charge in [0.05, 0.1) is 11.2 Å². The zero-order chi connectivity index (χ0) is 20.2. The minimum atomic E-state index is -0.687. The molecule has 0 bridgehead atoms. The van der Waals surface area contributed by atoms with E-state index in [1.807, 2.05) is 34.6 Å². The third-order valence-corrected chi connectivity index (χ3v) is 4.72. The minimum Gasteiger partial charge on any atom is -0.390 e. The Morgan fingerprint density at radius 1 is 1.12 bits per heavy atom. The summed E-state index contributed by atoms with van der Waals surface area (Å²) >= 11 is 0. The number of primary amides is 1. The summed E-state index contributed by atoms with van der Waals surface area (Å²) in [6.07, 6.45) is 4.44. The van der Waals surface area contributed by atoms with Crippen molar-refractivity contribution in [3.05, 3.63) is 11.8 Å². The van der Waals surface area contributed by atoms with Crippen molar-refractivity contribution in [1.82, 2.24) is 9.97 Å². The number of rotatable bonds is 9. The molecule has 7 nitrogen and oxygen atoms in total. The van der Waals surface area contributed by atoms with Gasteiger partial charge < -0.3 is 21.5 Å². The summed E-state index contributed by atoms with van der Waals surface area (Å²) in [6.45, 7) is 13.9. The summed E-state index contributed by atoms with van der Waals surface area (Å²) in [5.41, 5.74) is 4.47. The van der Waals surface area contributed by atoms with Crippen LogP contribution in [0.1, 0.15) is 84.5 Å². The summed E-state index contributed by atoms with van der Waals surface area (Å²) in [5.74, 6) is 0.282. The maximum Gasteiger partial charge on any atom is 0.254 e. The first-order valence-corrected chi connectivity index (χ1v) is 9.26. The van der Waals surface area contributed by atoms with Crippen molar-refractivity contribution >= 4 is 17.7 Å². The van der Waals surface area contributed by atoms with E-state index in [1.54, 1.807) is 0 Å². The lowest BCUT2D eigenvalue weighted by molar-refractivity contribution is 0.0398. The molecule has 26 heavy (non-hydrogen) atoms. The molecular weight excluding hydrogens is 330 g/mol. The van der Waals surface area contributed by atoms with Crippen LogP contribution in [0, 0.1) is 0 Å². The van der Waals surface area contributed by atoms with Crippen LogP contribution in [-0.4, -0.2) is 37.7 Å². The van der Waals surface area contributed by atoms with Crippen LogP contribution in [0.15, 0.2) is 6.20 Å². The first-order valence-electron chi connectivity index (χ1n) is 9.26. The zero-order valence-corrected chi connectivity index (χ0v) is 17.2. The van der Waals surface area contributed by atoms with Crippen molar-refractivity contribution in [2.24, 2.45) is 5.73 Å². The molecule has 0 fully saturated rings. The van der Waals surface area contributed by atoms with Crippen LogP contribution in [0.5, 0.6) is 0 Å². The van der Waals surface area contributed by atoms with Crippen LogP contribution in [0.3, 0.4) is 0 Å². The fourth-order valence-electron chi connectivity index (χ4n) is 2.39. The molecule has 0 aliphatic rings. The van der Waals surface area contributed by atoms with Crippen LogP contribution >= 0.6 is 0 Å². The molecule has 0 saturated carbocycles. The minimum absolute atomic E-state index is 0.262. The average Bonchev–Trinajstić information content (AvgIpc) is 2.51. The fraction of sp³-hybridized carbons (Fsp3) is 0.737. The van der Waals surface area contributed by atoms with Gasteiger partial charge in [-0.1, -0.05) is 13.8 Å². The van der Waals surface area contributed by atoms with E-state index in [2.05, 4.69) is 34.4 Å². The number of hydrogen-bond donors (Lipinski definition) is 4. The summed E-state index contributed by atoms with van der Waals surface area (Å²) in [6, 6.07) is 0. The maximum atomic E-state index is 11.7. The number of nitrogens with two attached hydrogens (primary N) is 1. The maximum absolute atomic E-state index is 11.7. The molecule has 0 radical (unpaired) electrons. The zero-order valence-electron chi connectivity index (χ0n) is 17.2. The molecule has 2 atom stereocenters. The quantitative estimate of drug-likeness (QED) is 0.534. The van der Waals surface area contributed by atoms with E-state index >= 15 is 0 Å². The fourth-order valence-corrected chi connectivity index (χ4v) is 2.39. The second-order valence-corrected chi connectivity index (χ2v) is 8.58. The first kappa shape index (κ1) is 22.2. The highest BCUT2D eigenvalue weighted by Gasteiger charge is 2.28. The van der Waals surface area contributed by atoms with Gasteiger partial charge in [-0.25, -0.2) is 4.98 Å². The van der Waals surface area contributed by atoms with E-state index in [9.17, 15) is 9.90 Å². The lowest BCUT2D eigenvalue weighted by atomic mass is 9.86. The Morgan fingerprint density at radius 2 is 1.73 bits per heavy atom. The van der Waals surface area contributed by atoms with Crippen molar-refractivity contribution in [1.29, 1.82) is 0 Å². The third kappa shape index (κ3) is 6.78. The topological polar surface area (TPSA) is 113 Å². The second-order valence-electron chi connectivity index (χ2n) is 8.58. The van der Waals surface area contributed by atoms with E-state index in [4.69, 9.17) is 5.73 Å². The van der Waals surface area contributed by atoms with Crippen molar-refractivity contribution in [3.8, 4) is 0 Å². The van der Waals surface area contributed by atoms with Crippen molar-refractivity contribution in [2.45, 2.75) is 90.8 Å². The average molecular weight is 366 g/mol. The first-order chi connectivity index (χ1) is 11.8. The van der Waals surface area contributed by atoms with Gasteiger partial charge in [0.1, 0.15) is 5.82 Å². The Kier molecular flexibility index (Phi) is 6.99. The highest BCUT2D eigenvalue weighted by molar-refractivity contribution is 5.97. The predicted octanol–water partition coefficient (Wildman–Crippen LogP) is 3.31. The van der Waals surface area contributed by atoms with Gasteiger partial charge in [-0.15, -0.1) is 0 Å². The SMILES string of the molecule is CCC(C)(O)CCC(C)(CC)Nc1ncc(C(N)=O)c(NC(C)(C)C)n1. The van der Waals surface area contributed by atoms with Crippen molar-refractivity contribution in [3.63, 3.8) is 0 Å². The molecule has 1 heterocycles. The Balaban J connectivity index is 3.06. The van der Waals surface area contributed by atoms with Gasteiger partial charge in [0, 0.05) is 17.3 Å². The van der Waals surface area contributed by atoms with Crippen LogP contribution in [0.2, 0.25) is 0 Å². The Labute approximate surface area is 157 Å². The number of anilines is 2. The van der Waals surface area contributed by atoms with Gasteiger partial charge in [0.2, 0.25) is 5.95 Å². The van der Waals surface area contributed by atoms with Gasteiger partial charge in [-0.05, 0) is 60.3 Å². The third-order valence-electron chi connectivity index (χ3n) is 4.72. The van der Waals surface area contributed by atoms with Crippen LogP contribution in [0.25, 0.3) is 0 Å². The number of hydrogen-bond acceptors (Lipinski definition) is 6. The summed E-state index contributed by atoms with van der Waals surface area (Å²) < 4.78 is 0. The number of nitrogens with one attached hydrogen (secondary N) is 2. The molecule has 0 saturated heterocycles. The standard InChI is InChI=1S/C19H35N5O2/c1-8-18(6,10-11-19(7,26)9-2)24-16-21-12-13(14(20)25)15(22-16)23-17(3,4)5/h12,26H,8-11H2,1-7H3,(H2,20,25)(H2,21,22,23,24).